The summed E-state index contributed by atoms with van der Waals surface area (Å²) in [6.07, 6.45) is 8.62. The van der Waals surface area contributed by atoms with E-state index in [2.05, 4.69) is 38.1 Å². The molecule has 0 radical (unpaired) electrons. The molecule has 3 heteroatoms. The van der Waals surface area contributed by atoms with Crippen LogP contribution in [-0.4, -0.2) is 12.9 Å². The van der Waals surface area contributed by atoms with Crippen molar-refractivity contribution in [3.05, 3.63) is 29.1 Å². The molecule has 0 fully saturated rings. The maximum Gasteiger partial charge on any atom is 0.119 e. The molecule has 1 aromatic carbocycles. The normalized spacial score (nSPS) is 10.1. The Balaban J connectivity index is 0.000000745. The van der Waals surface area contributed by atoms with Gasteiger partial charge in [-0.15, -0.1) is 11.3 Å². The quantitative estimate of drug-likeness (QED) is 0.430. The number of hydrogen-bond donors (Lipinski definition) is 0. The Morgan fingerprint density at radius 2 is 1.77 bits per heavy atom. The van der Waals surface area contributed by atoms with Crippen molar-refractivity contribution in [3.63, 3.8) is 0 Å². The number of rotatable bonds is 8. The molecule has 0 amide bonds. The molecule has 0 unspecified atom stereocenters. The van der Waals surface area contributed by atoms with Gasteiger partial charge in [0.15, 0.2) is 0 Å². The monoisotopic (exact) mass is 320 g/mol. The number of fused-ring (bicyclic) bond motifs is 1. The summed E-state index contributed by atoms with van der Waals surface area (Å²) < 4.78 is 7.19. The Kier molecular flexibility index (Phi) is 9.56. The number of carbonyl (C=O) groups is 1. The number of benzene rings is 1. The highest BCUT2D eigenvalue weighted by Gasteiger charge is 2.00. The minimum Gasteiger partial charge on any atom is -0.494 e. The summed E-state index contributed by atoms with van der Waals surface area (Å²) >= 11 is 1.84. The number of ether oxygens (including phenoxy) is 1. The van der Waals surface area contributed by atoms with Crippen LogP contribution in [0.2, 0.25) is 0 Å². The minimum atomic E-state index is 0.750. The zero-order valence-electron chi connectivity index (χ0n) is 14.1. The molecule has 1 heterocycles. The number of hydrogen-bond acceptors (Lipinski definition) is 3. The lowest BCUT2D eigenvalue weighted by atomic mass is 10.1. The van der Waals surface area contributed by atoms with Crippen LogP contribution < -0.4 is 4.74 Å². The molecule has 0 aliphatic carbocycles. The predicted octanol–water partition coefficient (Wildman–Crippen LogP) is 6.15. The average molecular weight is 320 g/mol. The molecule has 0 aliphatic heterocycles. The summed E-state index contributed by atoms with van der Waals surface area (Å²) in [7, 11) is 0. The van der Waals surface area contributed by atoms with Crippen LogP contribution in [0, 0.1) is 6.92 Å². The summed E-state index contributed by atoms with van der Waals surface area (Å²) in [4.78, 5) is 10.2. The molecule has 22 heavy (non-hydrogen) atoms. The first-order chi connectivity index (χ1) is 10.7. The van der Waals surface area contributed by atoms with Gasteiger partial charge in [0.25, 0.3) is 0 Å². The third-order valence-electron chi connectivity index (χ3n) is 3.38. The molecule has 0 atom stereocenters. The summed E-state index contributed by atoms with van der Waals surface area (Å²) in [5.41, 5.74) is 0. The summed E-state index contributed by atoms with van der Waals surface area (Å²) in [5, 5.41) is 1.31. The van der Waals surface area contributed by atoms with Gasteiger partial charge in [-0.05, 0) is 49.9 Å². The third-order valence-corrected chi connectivity index (χ3v) is 4.41. The largest absolute Gasteiger partial charge is 0.494 e. The third kappa shape index (κ3) is 7.08. The van der Waals surface area contributed by atoms with E-state index >= 15 is 0 Å². The molecule has 0 bridgehead atoms. The molecule has 0 N–H and O–H groups in total. The number of aldehydes is 1. The molecule has 0 saturated carbocycles. The molecule has 0 spiro atoms. The van der Waals surface area contributed by atoms with E-state index in [9.17, 15) is 0 Å². The van der Waals surface area contributed by atoms with Crippen molar-refractivity contribution in [2.24, 2.45) is 0 Å². The second kappa shape index (κ2) is 11.2. The lowest BCUT2D eigenvalue weighted by Crippen LogP contribution is -1.96. The van der Waals surface area contributed by atoms with Gasteiger partial charge in [-0.1, -0.05) is 39.0 Å². The van der Waals surface area contributed by atoms with Gasteiger partial charge >= 0.3 is 0 Å². The van der Waals surface area contributed by atoms with Crippen molar-refractivity contribution < 1.29 is 9.53 Å². The Morgan fingerprint density at radius 1 is 1.09 bits per heavy atom. The summed E-state index contributed by atoms with van der Waals surface area (Å²) in [6, 6.07) is 8.66. The van der Waals surface area contributed by atoms with E-state index in [-0.39, 0.29) is 0 Å². The molecule has 2 rings (SSSR count). The van der Waals surface area contributed by atoms with Crippen LogP contribution in [0.5, 0.6) is 5.75 Å². The molecule has 0 saturated heterocycles. The number of carbonyl (C=O) groups excluding carboxylic acids is 1. The van der Waals surface area contributed by atoms with Gasteiger partial charge in [0.05, 0.1) is 6.61 Å². The van der Waals surface area contributed by atoms with Crippen LogP contribution in [-0.2, 0) is 4.79 Å². The first-order valence-corrected chi connectivity index (χ1v) is 9.05. The second-order valence-electron chi connectivity index (χ2n) is 5.41. The maximum absolute atomic E-state index is 8.81. The number of unbranched alkanes of at least 4 members (excludes halogenated alkanes) is 5. The van der Waals surface area contributed by atoms with E-state index in [0.717, 1.165) is 18.6 Å². The lowest BCUT2D eigenvalue weighted by Gasteiger charge is -2.06. The maximum atomic E-state index is 8.81. The highest BCUT2D eigenvalue weighted by atomic mass is 32.1. The van der Waals surface area contributed by atoms with Crippen molar-refractivity contribution in [1.29, 1.82) is 0 Å². The minimum absolute atomic E-state index is 0.750. The first kappa shape index (κ1) is 18.7. The predicted molar refractivity (Wildman–Crippen MR) is 97.2 cm³/mol. The molecular formula is C19H28O2S. The smallest absolute Gasteiger partial charge is 0.119 e. The molecule has 0 aliphatic rings. The lowest BCUT2D eigenvalue weighted by molar-refractivity contribution is -0.106. The van der Waals surface area contributed by atoms with Crippen LogP contribution in [0.25, 0.3) is 10.1 Å². The van der Waals surface area contributed by atoms with Gasteiger partial charge in [0, 0.05) is 9.58 Å². The average Bonchev–Trinajstić information content (AvgIpc) is 2.86. The Bertz CT molecular complexity index is 545. The highest BCUT2D eigenvalue weighted by molar-refractivity contribution is 7.19. The highest BCUT2D eigenvalue weighted by Crippen LogP contribution is 2.28. The van der Waals surface area contributed by atoms with Crippen molar-refractivity contribution in [2.75, 3.05) is 6.61 Å². The zero-order valence-corrected chi connectivity index (χ0v) is 14.9. The van der Waals surface area contributed by atoms with Gasteiger partial charge in [-0.25, -0.2) is 0 Å². The van der Waals surface area contributed by atoms with Crippen molar-refractivity contribution >= 4 is 27.7 Å². The number of aryl methyl sites for hydroxylation is 1. The fraction of sp³-hybridized carbons (Fsp3) is 0.526. The summed E-state index contributed by atoms with van der Waals surface area (Å²) in [6.45, 7) is 6.70. The van der Waals surface area contributed by atoms with E-state index in [1.54, 1.807) is 0 Å². The zero-order chi connectivity index (χ0) is 16.2. The van der Waals surface area contributed by atoms with Gasteiger partial charge in [-0.2, -0.15) is 0 Å². The molecule has 1 aromatic heterocycles. The molecule has 122 valence electrons. The van der Waals surface area contributed by atoms with Gasteiger partial charge in [0.1, 0.15) is 12.0 Å². The number of thiophene rings is 1. The van der Waals surface area contributed by atoms with Crippen LogP contribution in [0.1, 0.15) is 57.2 Å². The van der Waals surface area contributed by atoms with Crippen LogP contribution in [0.3, 0.4) is 0 Å². The topological polar surface area (TPSA) is 26.3 Å². The van der Waals surface area contributed by atoms with Crippen molar-refractivity contribution in [3.8, 4) is 5.75 Å². The fourth-order valence-corrected chi connectivity index (χ4v) is 3.22. The standard InChI is InChI=1S/C17H24OS.C2H4O/c1-3-4-5-6-7-8-11-18-16-9-10-17-15(13-16)12-14(2)19-17;1-2-3/h9-10,12-13H,3-8,11H2,1-2H3;2H,1H3. The van der Waals surface area contributed by atoms with Gasteiger partial charge < -0.3 is 9.53 Å². The van der Waals surface area contributed by atoms with Gasteiger partial charge in [0.2, 0.25) is 0 Å². The molecule has 2 nitrogen and oxygen atoms in total. The van der Waals surface area contributed by atoms with Crippen molar-refractivity contribution in [1.82, 2.24) is 0 Å². The first-order valence-electron chi connectivity index (χ1n) is 8.24. The van der Waals surface area contributed by atoms with Crippen LogP contribution in [0.4, 0.5) is 0 Å². The van der Waals surface area contributed by atoms with E-state index in [1.807, 2.05) is 11.3 Å². The second-order valence-corrected chi connectivity index (χ2v) is 6.70. The molecular weight excluding hydrogens is 292 g/mol. The fourth-order valence-electron chi connectivity index (χ4n) is 2.32. The Labute approximate surface area is 138 Å². The Hall–Kier alpha value is -1.35. The van der Waals surface area contributed by atoms with Crippen LogP contribution >= 0.6 is 11.3 Å². The van der Waals surface area contributed by atoms with Crippen molar-refractivity contribution in [2.45, 2.75) is 59.3 Å². The van der Waals surface area contributed by atoms with E-state index < -0.39 is 0 Å². The molecule has 2 aromatic rings. The SMILES string of the molecule is CC=O.CCCCCCCCOc1ccc2sc(C)cc2c1. The van der Waals surface area contributed by atoms with Crippen LogP contribution in [0.15, 0.2) is 24.3 Å². The van der Waals surface area contributed by atoms with E-state index in [0.29, 0.717) is 0 Å². The summed E-state index contributed by atoms with van der Waals surface area (Å²) in [5.74, 6) is 1.01. The van der Waals surface area contributed by atoms with E-state index in [1.165, 1.54) is 60.4 Å². The Morgan fingerprint density at radius 3 is 2.50 bits per heavy atom. The van der Waals surface area contributed by atoms with E-state index in [4.69, 9.17) is 9.53 Å². The van der Waals surface area contributed by atoms with Gasteiger partial charge in [-0.3, -0.25) is 0 Å².